The Balaban J connectivity index is 2.33. The van der Waals surface area contributed by atoms with Crippen molar-refractivity contribution in [3.05, 3.63) is 24.0 Å². The number of aromatic nitrogens is 1. The largest absolute Gasteiger partial charge is 0.383 e. The molecule has 0 aliphatic heterocycles. The summed E-state index contributed by atoms with van der Waals surface area (Å²) >= 11 is 0. The zero-order valence-electron chi connectivity index (χ0n) is 8.25. The first-order valence-corrected chi connectivity index (χ1v) is 4.67. The Kier molecular flexibility index (Phi) is 4.45. The third-order valence-electron chi connectivity index (χ3n) is 1.76. The second-order valence-corrected chi connectivity index (χ2v) is 2.82. The van der Waals surface area contributed by atoms with E-state index in [0.29, 0.717) is 5.69 Å². The van der Waals surface area contributed by atoms with Crippen molar-refractivity contribution >= 4 is 5.69 Å². The average molecular weight is 190 g/mol. The Morgan fingerprint density at radius 1 is 1.43 bits per heavy atom. The van der Waals surface area contributed by atoms with Gasteiger partial charge in [0.15, 0.2) is 0 Å². The number of hydrogen-bond donors (Lipinski definition) is 2. The van der Waals surface area contributed by atoms with Gasteiger partial charge in [-0.3, -0.25) is 0 Å². The molecule has 0 radical (unpaired) electrons. The van der Waals surface area contributed by atoms with Crippen LogP contribution in [0.1, 0.15) is 12.6 Å². The normalized spacial score (nSPS) is 9.43. The fraction of sp³-hybridized carbons (Fsp3) is 0.400. The van der Waals surface area contributed by atoms with Crippen molar-refractivity contribution in [3.63, 3.8) is 0 Å². The van der Waals surface area contributed by atoms with Crippen molar-refractivity contribution in [2.75, 3.05) is 25.0 Å². The number of anilines is 1. The van der Waals surface area contributed by atoms with Crippen molar-refractivity contribution in [2.24, 2.45) is 0 Å². The van der Waals surface area contributed by atoms with Gasteiger partial charge in [0.1, 0.15) is 11.8 Å². The summed E-state index contributed by atoms with van der Waals surface area (Å²) in [5.41, 5.74) is 1.39. The summed E-state index contributed by atoms with van der Waals surface area (Å²) < 4.78 is 0. The lowest BCUT2D eigenvalue weighted by molar-refractivity contribution is 0.739. The first-order chi connectivity index (χ1) is 6.86. The lowest BCUT2D eigenvalue weighted by atomic mass is 10.3. The highest BCUT2D eigenvalue weighted by Gasteiger charge is 1.93. The molecule has 0 aromatic carbocycles. The van der Waals surface area contributed by atoms with E-state index in [1.807, 2.05) is 12.1 Å². The standard InChI is InChI=1S/C10H14N4/c1-2-12-5-6-13-10-4-3-9(7-11)14-8-10/h3-4,8,12-13H,2,5-6H2,1H3. The van der Waals surface area contributed by atoms with Crippen molar-refractivity contribution < 1.29 is 0 Å². The molecule has 0 aliphatic rings. The van der Waals surface area contributed by atoms with Crippen molar-refractivity contribution in [1.29, 1.82) is 5.26 Å². The van der Waals surface area contributed by atoms with E-state index in [9.17, 15) is 0 Å². The third-order valence-corrected chi connectivity index (χ3v) is 1.76. The van der Waals surface area contributed by atoms with Gasteiger partial charge in [0.25, 0.3) is 0 Å². The van der Waals surface area contributed by atoms with Crippen LogP contribution in [0.25, 0.3) is 0 Å². The van der Waals surface area contributed by atoms with Crippen LogP contribution in [0, 0.1) is 11.3 Å². The van der Waals surface area contributed by atoms with Gasteiger partial charge in [0, 0.05) is 13.1 Å². The molecule has 1 aromatic heterocycles. The zero-order chi connectivity index (χ0) is 10.2. The van der Waals surface area contributed by atoms with E-state index in [1.54, 1.807) is 12.3 Å². The summed E-state index contributed by atoms with van der Waals surface area (Å²) in [6.45, 7) is 4.84. The summed E-state index contributed by atoms with van der Waals surface area (Å²) in [7, 11) is 0. The van der Waals surface area contributed by atoms with E-state index < -0.39 is 0 Å². The molecule has 0 spiro atoms. The molecule has 0 amide bonds. The number of hydrogen-bond acceptors (Lipinski definition) is 4. The van der Waals surface area contributed by atoms with Crippen LogP contribution < -0.4 is 10.6 Å². The maximum Gasteiger partial charge on any atom is 0.140 e. The smallest absolute Gasteiger partial charge is 0.140 e. The molecular formula is C10H14N4. The Hall–Kier alpha value is -1.60. The van der Waals surface area contributed by atoms with Gasteiger partial charge in [0.2, 0.25) is 0 Å². The van der Waals surface area contributed by atoms with Gasteiger partial charge in [-0.2, -0.15) is 5.26 Å². The molecule has 1 aromatic rings. The molecule has 1 rings (SSSR count). The van der Waals surface area contributed by atoms with Crippen molar-refractivity contribution in [2.45, 2.75) is 6.92 Å². The van der Waals surface area contributed by atoms with Crippen LogP contribution in [0.4, 0.5) is 5.69 Å². The average Bonchev–Trinajstić information content (AvgIpc) is 2.25. The van der Waals surface area contributed by atoms with E-state index in [-0.39, 0.29) is 0 Å². The van der Waals surface area contributed by atoms with Crippen LogP contribution in [-0.4, -0.2) is 24.6 Å². The van der Waals surface area contributed by atoms with E-state index in [1.165, 1.54) is 0 Å². The predicted octanol–water partition coefficient (Wildman–Crippen LogP) is 0.975. The Bertz CT molecular complexity index is 299. The molecule has 0 bridgehead atoms. The Morgan fingerprint density at radius 3 is 2.86 bits per heavy atom. The highest BCUT2D eigenvalue weighted by atomic mass is 14.9. The topological polar surface area (TPSA) is 60.7 Å². The number of pyridine rings is 1. The predicted molar refractivity (Wildman–Crippen MR) is 56.0 cm³/mol. The van der Waals surface area contributed by atoms with Gasteiger partial charge in [-0.1, -0.05) is 6.92 Å². The Labute approximate surface area is 84.0 Å². The van der Waals surface area contributed by atoms with Crippen LogP contribution in [0.5, 0.6) is 0 Å². The molecule has 14 heavy (non-hydrogen) atoms. The number of nitrogens with zero attached hydrogens (tertiary/aromatic N) is 2. The summed E-state index contributed by atoms with van der Waals surface area (Å²) in [5, 5.41) is 14.9. The van der Waals surface area contributed by atoms with Crippen molar-refractivity contribution in [1.82, 2.24) is 10.3 Å². The molecule has 4 heteroatoms. The fourth-order valence-corrected chi connectivity index (χ4v) is 1.04. The minimum atomic E-state index is 0.447. The van der Waals surface area contributed by atoms with Crippen LogP contribution in [0.15, 0.2) is 18.3 Å². The summed E-state index contributed by atoms with van der Waals surface area (Å²) in [6.07, 6.45) is 1.67. The van der Waals surface area contributed by atoms with Gasteiger partial charge in [-0.25, -0.2) is 4.98 Å². The molecule has 0 saturated heterocycles. The molecule has 4 nitrogen and oxygen atoms in total. The summed E-state index contributed by atoms with van der Waals surface area (Å²) in [6, 6.07) is 5.54. The third kappa shape index (κ3) is 3.42. The first kappa shape index (κ1) is 10.5. The van der Waals surface area contributed by atoms with E-state index >= 15 is 0 Å². The maximum atomic E-state index is 8.53. The molecule has 0 unspecified atom stereocenters. The number of rotatable bonds is 5. The van der Waals surface area contributed by atoms with Crippen LogP contribution in [0.3, 0.4) is 0 Å². The van der Waals surface area contributed by atoms with E-state index in [4.69, 9.17) is 5.26 Å². The number of nitriles is 1. The second-order valence-electron chi connectivity index (χ2n) is 2.82. The summed E-state index contributed by atoms with van der Waals surface area (Å²) in [5.74, 6) is 0. The number of likely N-dealkylation sites (N-methyl/N-ethyl adjacent to an activating group) is 1. The molecule has 0 aliphatic carbocycles. The van der Waals surface area contributed by atoms with Crippen LogP contribution in [-0.2, 0) is 0 Å². The maximum absolute atomic E-state index is 8.53. The van der Waals surface area contributed by atoms with E-state index in [2.05, 4.69) is 22.5 Å². The lowest BCUT2D eigenvalue weighted by Gasteiger charge is -2.05. The molecule has 74 valence electrons. The molecule has 0 fully saturated rings. The first-order valence-electron chi connectivity index (χ1n) is 4.67. The molecule has 0 saturated carbocycles. The van der Waals surface area contributed by atoms with Crippen LogP contribution in [0.2, 0.25) is 0 Å². The molecular weight excluding hydrogens is 176 g/mol. The highest BCUT2D eigenvalue weighted by molar-refractivity contribution is 5.42. The lowest BCUT2D eigenvalue weighted by Crippen LogP contribution is -2.21. The SMILES string of the molecule is CCNCCNc1ccc(C#N)nc1. The Morgan fingerprint density at radius 2 is 2.29 bits per heavy atom. The van der Waals surface area contributed by atoms with Gasteiger partial charge in [-0.05, 0) is 18.7 Å². The van der Waals surface area contributed by atoms with Gasteiger partial charge in [-0.15, -0.1) is 0 Å². The highest BCUT2D eigenvalue weighted by Crippen LogP contribution is 2.04. The molecule has 0 atom stereocenters. The monoisotopic (exact) mass is 190 g/mol. The van der Waals surface area contributed by atoms with E-state index in [0.717, 1.165) is 25.3 Å². The molecule has 2 N–H and O–H groups in total. The quantitative estimate of drug-likeness (QED) is 0.679. The minimum absolute atomic E-state index is 0.447. The number of nitrogens with one attached hydrogen (secondary N) is 2. The van der Waals surface area contributed by atoms with Crippen LogP contribution >= 0.6 is 0 Å². The minimum Gasteiger partial charge on any atom is -0.383 e. The summed E-state index contributed by atoms with van der Waals surface area (Å²) in [4.78, 5) is 3.95. The van der Waals surface area contributed by atoms with Gasteiger partial charge < -0.3 is 10.6 Å². The molecule has 1 heterocycles. The zero-order valence-corrected chi connectivity index (χ0v) is 8.25. The second kappa shape index (κ2) is 5.95. The van der Waals surface area contributed by atoms with Gasteiger partial charge in [0.05, 0.1) is 11.9 Å². The fourth-order valence-electron chi connectivity index (χ4n) is 1.04. The van der Waals surface area contributed by atoms with Crippen molar-refractivity contribution in [3.8, 4) is 6.07 Å². The van der Waals surface area contributed by atoms with Gasteiger partial charge >= 0.3 is 0 Å².